The minimum atomic E-state index is -0.0683. The molecule has 6 heteroatoms. The fourth-order valence-electron chi connectivity index (χ4n) is 5.06. The SMILES string of the molecule is O=C(CCCCCn1c(=O)[nH]c2ccccc21)NC1=N[C@@H]2CCc3ccccc3[C@@H]2C1. The number of rotatable bonds is 6. The monoisotopic (exact) mass is 416 g/mol. The molecule has 2 N–H and O–H groups in total. The Balaban J connectivity index is 1.08. The molecule has 0 saturated carbocycles. The lowest BCUT2D eigenvalue weighted by Gasteiger charge is -2.26. The van der Waals surface area contributed by atoms with Gasteiger partial charge in [0.05, 0.1) is 17.1 Å². The number of carbonyl (C=O) groups excluding carboxylic acids is 1. The highest BCUT2D eigenvalue weighted by atomic mass is 16.2. The van der Waals surface area contributed by atoms with Crippen LogP contribution >= 0.6 is 0 Å². The highest BCUT2D eigenvalue weighted by Crippen LogP contribution is 2.39. The zero-order valence-corrected chi connectivity index (χ0v) is 17.6. The summed E-state index contributed by atoms with van der Waals surface area (Å²) in [4.78, 5) is 32.2. The number of nitrogens with zero attached hydrogens (tertiary/aromatic N) is 2. The number of unbranched alkanes of at least 4 members (excludes halogenated alkanes) is 2. The van der Waals surface area contributed by atoms with Crippen molar-refractivity contribution in [3.63, 3.8) is 0 Å². The molecule has 1 aliphatic carbocycles. The normalized spacial score (nSPS) is 19.7. The van der Waals surface area contributed by atoms with Crippen molar-refractivity contribution in [2.45, 2.75) is 63.5 Å². The molecule has 0 unspecified atom stereocenters. The van der Waals surface area contributed by atoms with Crippen molar-refractivity contribution in [1.82, 2.24) is 14.9 Å². The molecule has 2 heterocycles. The number of aliphatic imine (C=N–C) groups is 1. The number of fused-ring (bicyclic) bond motifs is 4. The Morgan fingerprint density at radius 1 is 1.10 bits per heavy atom. The summed E-state index contributed by atoms with van der Waals surface area (Å²) in [5.41, 5.74) is 4.57. The molecule has 0 fully saturated rings. The number of aromatic amines is 1. The van der Waals surface area contributed by atoms with Gasteiger partial charge in [0.1, 0.15) is 5.84 Å². The number of H-pyrrole nitrogens is 1. The Labute approximate surface area is 181 Å². The van der Waals surface area contributed by atoms with Crippen molar-refractivity contribution >= 4 is 22.8 Å². The number of carbonyl (C=O) groups is 1. The molecule has 1 aliphatic heterocycles. The van der Waals surface area contributed by atoms with Crippen LogP contribution in [-0.2, 0) is 17.8 Å². The fourth-order valence-corrected chi connectivity index (χ4v) is 5.06. The summed E-state index contributed by atoms with van der Waals surface area (Å²) >= 11 is 0. The molecule has 1 aromatic heterocycles. The van der Waals surface area contributed by atoms with Crippen molar-refractivity contribution in [3.8, 4) is 0 Å². The quantitative estimate of drug-likeness (QED) is 0.598. The molecule has 3 aromatic rings. The van der Waals surface area contributed by atoms with Crippen molar-refractivity contribution in [3.05, 3.63) is 70.1 Å². The number of hydrogen-bond acceptors (Lipinski definition) is 3. The van der Waals surface area contributed by atoms with Gasteiger partial charge in [-0.3, -0.25) is 14.4 Å². The summed E-state index contributed by atoms with van der Waals surface area (Å²) in [5.74, 6) is 1.31. The van der Waals surface area contributed by atoms with Gasteiger partial charge in [-0.15, -0.1) is 0 Å². The van der Waals surface area contributed by atoms with E-state index >= 15 is 0 Å². The lowest BCUT2D eigenvalue weighted by atomic mass is 9.79. The van der Waals surface area contributed by atoms with E-state index in [9.17, 15) is 9.59 Å². The van der Waals surface area contributed by atoms with E-state index < -0.39 is 0 Å². The Hall–Kier alpha value is -3.15. The third-order valence-corrected chi connectivity index (χ3v) is 6.61. The summed E-state index contributed by atoms with van der Waals surface area (Å²) in [6.07, 6.45) is 6.05. The molecule has 0 radical (unpaired) electrons. The van der Waals surface area contributed by atoms with E-state index in [4.69, 9.17) is 4.99 Å². The summed E-state index contributed by atoms with van der Waals surface area (Å²) in [6, 6.07) is 16.7. The molecular weight excluding hydrogens is 388 g/mol. The molecule has 31 heavy (non-hydrogen) atoms. The maximum Gasteiger partial charge on any atom is 0.326 e. The molecule has 1 amide bonds. The van der Waals surface area contributed by atoms with Crippen molar-refractivity contribution in [1.29, 1.82) is 0 Å². The summed E-state index contributed by atoms with van der Waals surface area (Å²) < 4.78 is 1.78. The van der Waals surface area contributed by atoms with Crippen molar-refractivity contribution < 1.29 is 4.79 Å². The first-order valence-corrected chi connectivity index (χ1v) is 11.3. The molecule has 2 atom stereocenters. The number of nitrogens with one attached hydrogen (secondary N) is 2. The summed E-state index contributed by atoms with van der Waals surface area (Å²) in [5, 5.41) is 3.05. The summed E-state index contributed by atoms with van der Waals surface area (Å²) in [7, 11) is 0. The van der Waals surface area contributed by atoms with Crippen LogP contribution < -0.4 is 11.0 Å². The Kier molecular flexibility index (Phi) is 5.45. The van der Waals surface area contributed by atoms with Crippen LogP contribution in [0.1, 0.15) is 55.6 Å². The summed E-state index contributed by atoms with van der Waals surface area (Å²) in [6.45, 7) is 0.667. The second kappa shape index (κ2) is 8.53. The van der Waals surface area contributed by atoms with E-state index in [0.29, 0.717) is 24.9 Å². The highest BCUT2D eigenvalue weighted by Gasteiger charge is 2.35. The van der Waals surface area contributed by atoms with Gasteiger partial charge >= 0.3 is 5.69 Å². The second-order valence-electron chi connectivity index (χ2n) is 8.65. The van der Waals surface area contributed by atoms with Gasteiger partial charge in [-0.2, -0.15) is 0 Å². The van der Waals surface area contributed by atoms with Crippen LogP contribution in [-0.4, -0.2) is 27.3 Å². The first-order chi connectivity index (χ1) is 15.2. The van der Waals surface area contributed by atoms with Crippen LogP contribution in [0.5, 0.6) is 0 Å². The third-order valence-electron chi connectivity index (χ3n) is 6.61. The number of benzene rings is 2. The van der Waals surface area contributed by atoms with Gasteiger partial charge in [0.25, 0.3) is 0 Å². The van der Waals surface area contributed by atoms with Crippen molar-refractivity contribution in [2.24, 2.45) is 4.99 Å². The second-order valence-corrected chi connectivity index (χ2v) is 8.65. The van der Waals surface area contributed by atoms with Gasteiger partial charge in [-0.05, 0) is 48.9 Å². The Morgan fingerprint density at radius 3 is 2.87 bits per heavy atom. The maximum absolute atomic E-state index is 12.4. The Morgan fingerprint density at radius 2 is 1.94 bits per heavy atom. The maximum atomic E-state index is 12.4. The molecule has 0 saturated heterocycles. The standard InChI is InChI=1S/C25H28N4O2/c30-24(12-2-1-7-15-29-22-11-6-5-10-21(22)27-25(29)31)28-23-16-19-18-9-4-3-8-17(18)13-14-20(19)26-23/h3-6,8-11,19-20H,1-2,7,12-16H2,(H,27,31)(H,26,28,30)/t19-,20+/m0/s1. The van der Waals surface area contributed by atoms with E-state index in [1.165, 1.54) is 11.1 Å². The van der Waals surface area contributed by atoms with Gasteiger partial charge in [0, 0.05) is 25.3 Å². The fraction of sp³-hybridized carbons (Fsp3) is 0.400. The predicted octanol–water partition coefficient (Wildman–Crippen LogP) is 3.91. The predicted molar refractivity (Wildman–Crippen MR) is 123 cm³/mol. The van der Waals surface area contributed by atoms with E-state index in [0.717, 1.165) is 55.4 Å². The molecule has 0 bridgehead atoms. The average molecular weight is 417 g/mol. The number of hydrogen-bond donors (Lipinski definition) is 2. The van der Waals surface area contributed by atoms with Crippen LogP contribution in [0.2, 0.25) is 0 Å². The highest BCUT2D eigenvalue weighted by molar-refractivity contribution is 5.99. The molecular formula is C25H28N4O2. The molecule has 160 valence electrons. The zero-order chi connectivity index (χ0) is 21.2. The number of imidazole rings is 1. The minimum absolute atomic E-state index is 0.0509. The number of amides is 1. The van der Waals surface area contributed by atoms with E-state index in [1.54, 1.807) is 4.57 Å². The van der Waals surface area contributed by atoms with Crippen LogP contribution in [0.25, 0.3) is 11.0 Å². The van der Waals surface area contributed by atoms with Gasteiger partial charge < -0.3 is 10.3 Å². The molecule has 2 aromatic carbocycles. The minimum Gasteiger partial charge on any atom is -0.315 e. The van der Waals surface area contributed by atoms with E-state index in [1.807, 2.05) is 24.3 Å². The van der Waals surface area contributed by atoms with Crippen LogP contribution in [0, 0.1) is 0 Å². The number of amidine groups is 1. The van der Waals surface area contributed by atoms with Crippen LogP contribution in [0.15, 0.2) is 58.3 Å². The molecule has 5 rings (SSSR count). The van der Waals surface area contributed by atoms with Gasteiger partial charge in [-0.1, -0.05) is 42.8 Å². The topological polar surface area (TPSA) is 79.2 Å². The average Bonchev–Trinajstić information content (AvgIpc) is 3.33. The van der Waals surface area contributed by atoms with Crippen molar-refractivity contribution in [2.75, 3.05) is 0 Å². The largest absolute Gasteiger partial charge is 0.326 e. The third kappa shape index (κ3) is 4.07. The first-order valence-electron chi connectivity index (χ1n) is 11.3. The smallest absolute Gasteiger partial charge is 0.315 e. The molecule has 6 nitrogen and oxygen atoms in total. The number of para-hydroxylation sites is 2. The zero-order valence-electron chi connectivity index (χ0n) is 17.6. The van der Waals surface area contributed by atoms with Crippen LogP contribution in [0.3, 0.4) is 0 Å². The Bertz CT molecular complexity index is 1190. The number of aromatic nitrogens is 2. The van der Waals surface area contributed by atoms with E-state index in [-0.39, 0.29) is 11.6 Å². The molecule has 2 aliphatic rings. The van der Waals surface area contributed by atoms with Gasteiger partial charge in [0.15, 0.2) is 0 Å². The number of aryl methyl sites for hydroxylation is 2. The molecule has 0 spiro atoms. The lowest BCUT2D eigenvalue weighted by Crippen LogP contribution is -2.29. The first kappa shape index (κ1) is 19.8. The van der Waals surface area contributed by atoms with Gasteiger partial charge in [0.2, 0.25) is 5.91 Å². The lowest BCUT2D eigenvalue weighted by molar-refractivity contribution is -0.119. The van der Waals surface area contributed by atoms with Crippen LogP contribution in [0.4, 0.5) is 0 Å². The van der Waals surface area contributed by atoms with Gasteiger partial charge in [-0.25, -0.2) is 4.79 Å². The van der Waals surface area contributed by atoms with E-state index in [2.05, 4.69) is 34.6 Å².